The summed E-state index contributed by atoms with van der Waals surface area (Å²) in [5.74, 6) is -1.49. The minimum Gasteiger partial charge on any atom is -0.481 e. The maximum atomic E-state index is 12.3. The predicted octanol–water partition coefficient (Wildman–Crippen LogP) is 1.78. The number of nitrogens with zero attached hydrogens (tertiary/aromatic N) is 2. The molecule has 0 radical (unpaired) electrons. The Morgan fingerprint density at radius 1 is 1.20 bits per heavy atom. The Bertz CT molecular complexity index is 684. The largest absolute Gasteiger partial charge is 0.481 e. The maximum Gasteiger partial charge on any atom is 0.308 e. The van der Waals surface area contributed by atoms with Gasteiger partial charge in [0.15, 0.2) is 0 Å². The number of aromatic nitrogens is 1. The molecule has 1 saturated heterocycles. The van der Waals surface area contributed by atoms with Gasteiger partial charge >= 0.3 is 5.97 Å². The van der Waals surface area contributed by atoms with Gasteiger partial charge in [-0.05, 0) is 18.6 Å². The number of carbonyl (C=O) groups excluding carboxylic acids is 1. The summed E-state index contributed by atoms with van der Waals surface area (Å²) in [4.78, 5) is 29.2. The molecule has 1 aromatic heterocycles. The first-order valence-electron chi connectivity index (χ1n) is 6.53. The summed E-state index contributed by atoms with van der Waals surface area (Å²) in [5, 5.41) is 9.95. The second kappa shape index (κ2) is 4.92. The van der Waals surface area contributed by atoms with E-state index in [0.717, 1.165) is 10.9 Å². The molecule has 2 heterocycles. The van der Waals surface area contributed by atoms with Gasteiger partial charge in [0.1, 0.15) is 5.69 Å². The van der Waals surface area contributed by atoms with Crippen LogP contribution in [0.2, 0.25) is 0 Å². The van der Waals surface area contributed by atoms with Crippen LogP contribution < -0.4 is 0 Å². The first kappa shape index (κ1) is 12.6. The number of pyridine rings is 1. The molecule has 20 heavy (non-hydrogen) atoms. The zero-order valence-electron chi connectivity index (χ0n) is 10.8. The molecule has 1 aromatic carbocycles. The predicted molar refractivity (Wildman–Crippen MR) is 73.4 cm³/mol. The van der Waals surface area contributed by atoms with Crippen LogP contribution in [0.5, 0.6) is 0 Å². The number of carboxylic acid groups (broad SMARTS) is 1. The van der Waals surface area contributed by atoms with E-state index in [4.69, 9.17) is 5.11 Å². The summed E-state index contributed by atoms with van der Waals surface area (Å²) in [6.07, 6.45) is 0.509. The van der Waals surface area contributed by atoms with Crippen LogP contribution >= 0.6 is 0 Å². The van der Waals surface area contributed by atoms with E-state index in [1.165, 1.54) is 0 Å². The number of carbonyl (C=O) groups is 2. The number of aliphatic carboxylic acids is 1. The SMILES string of the molecule is O=C(O)C1CCN(C(=O)c2ccc3ccccc3n2)C1. The van der Waals surface area contributed by atoms with Crippen molar-refractivity contribution in [2.75, 3.05) is 13.1 Å². The summed E-state index contributed by atoms with van der Waals surface area (Å²) >= 11 is 0. The van der Waals surface area contributed by atoms with E-state index in [1.54, 1.807) is 11.0 Å². The molecule has 0 bridgehead atoms. The lowest BCUT2D eigenvalue weighted by atomic mass is 10.1. The fourth-order valence-electron chi connectivity index (χ4n) is 2.49. The van der Waals surface area contributed by atoms with Crippen LogP contribution in [0.3, 0.4) is 0 Å². The third-order valence-corrected chi connectivity index (χ3v) is 3.64. The number of likely N-dealkylation sites (tertiary alicyclic amines) is 1. The van der Waals surface area contributed by atoms with E-state index in [-0.39, 0.29) is 12.5 Å². The van der Waals surface area contributed by atoms with Crippen molar-refractivity contribution < 1.29 is 14.7 Å². The molecule has 5 heteroatoms. The normalized spacial score (nSPS) is 18.4. The van der Waals surface area contributed by atoms with E-state index in [1.807, 2.05) is 30.3 Å². The summed E-state index contributed by atoms with van der Waals surface area (Å²) in [6, 6.07) is 11.1. The van der Waals surface area contributed by atoms with Crippen LogP contribution in [0.25, 0.3) is 10.9 Å². The number of carboxylic acids is 1. The highest BCUT2D eigenvalue weighted by molar-refractivity contribution is 5.95. The Kier molecular flexibility index (Phi) is 3.10. The molecule has 0 saturated carbocycles. The number of amides is 1. The van der Waals surface area contributed by atoms with Crippen molar-refractivity contribution in [3.63, 3.8) is 0 Å². The Morgan fingerprint density at radius 2 is 2.00 bits per heavy atom. The molecule has 1 unspecified atom stereocenters. The van der Waals surface area contributed by atoms with E-state index in [2.05, 4.69) is 4.98 Å². The number of hydrogen-bond acceptors (Lipinski definition) is 3. The maximum absolute atomic E-state index is 12.3. The van der Waals surface area contributed by atoms with Crippen LogP contribution in [0.4, 0.5) is 0 Å². The van der Waals surface area contributed by atoms with Gasteiger partial charge in [0.2, 0.25) is 0 Å². The van der Waals surface area contributed by atoms with Crippen molar-refractivity contribution in [3.8, 4) is 0 Å². The average molecular weight is 270 g/mol. The number of fused-ring (bicyclic) bond motifs is 1. The van der Waals surface area contributed by atoms with Crippen LogP contribution in [-0.4, -0.2) is 40.0 Å². The molecule has 1 aliphatic rings. The lowest BCUT2D eigenvalue weighted by molar-refractivity contribution is -0.141. The minimum atomic E-state index is -0.841. The third kappa shape index (κ3) is 2.22. The Hall–Kier alpha value is -2.43. The van der Waals surface area contributed by atoms with Gasteiger partial charge in [0.25, 0.3) is 5.91 Å². The molecule has 1 fully saturated rings. The zero-order valence-corrected chi connectivity index (χ0v) is 10.8. The third-order valence-electron chi connectivity index (χ3n) is 3.64. The molecule has 1 N–H and O–H groups in total. The highest BCUT2D eigenvalue weighted by atomic mass is 16.4. The fraction of sp³-hybridized carbons (Fsp3) is 0.267. The number of hydrogen-bond donors (Lipinski definition) is 1. The molecule has 1 aliphatic heterocycles. The Balaban J connectivity index is 1.84. The highest BCUT2D eigenvalue weighted by Gasteiger charge is 2.31. The standard InChI is InChI=1S/C15H14N2O3/c18-14(17-8-7-11(9-17)15(19)20)13-6-5-10-3-1-2-4-12(10)16-13/h1-6,11H,7-9H2,(H,19,20). The first-order valence-corrected chi connectivity index (χ1v) is 6.53. The molecule has 1 amide bonds. The Labute approximate surface area is 115 Å². The van der Waals surface area contributed by atoms with E-state index in [0.29, 0.717) is 18.7 Å². The van der Waals surface area contributed by atoms with E-state index >= 15 is 0 Å². The fourth-order valence-corrected chi connectivity index (χ4v) is 2.49. The zero-order chi connectivity index (χ0) is 14.1. The molecule has 1 atom stereocenters. The van der Waals surface area contributed by atoms with Crippen molar-refractivity contribution in [3.05, 3.63) is 42.1 Å². The summed E-state index contributed by atoms with van der Waals surface area (Å²) in [5.41, 5.74) is 1.14. The van der Waals surface area contributed by atoms with Gasteiger partial charge in [-0.3, -0.25) is 9.59 Å². The molecular weight excluding hydrogens is 256 g/mol. The topological polar surface area (TPSA) is 70.5 Å². The molecular formula is C15H14N2O3. The first-order chi connectivity index (χ1) is 9.65. The molecule has 102 valence electrons. The van der Waals surface area contributed by atoms with Crippen molar-refractivity contribution in [1.82, 2.24) is 9.88 Å². The number of benzene rings is 1. The van der Waals surface area contributed by atoms with Crippen molar-refractivity contribution >= 4 is 22.8 Å². The molecule has 0 spiro atoms. The lowest BCUT2D eigenvalue weighted by Gasteiger charge is -2.15. The van der Waals surface area contributed by atoms with Crippen molar-refractivity contribution in [1.29, 1.82) is 0 Å². The number of para-hydroxylation sites is 1. The average Bonchev–Trinajstić information content (AvgIpc) is 2.96. The summed E-state index contributed by atoms with van der Waals surface area (Å²) < 4.78 is 0. The van der Waals surface area contributed by atoms with Gasteiger partial charge in [-0.1, -0.05) is 24.3 Å². The lowest BCUT2D eigenvalue weighted by Crippen LogP contribution is -2.30. The van der Waals surface area contributed by atoms with Gasteiger partial charge < -0.3 is 10.0 Å². The molecule has 2 aromatic rings. The molecule has 3 rings (SSSR count). The number of rotatable bonds is 2. The van der Waals surface area contributed by atoms with Crippen LogP contribution in [-0.2, 0) is 4.79 Å². The second-order valence-corrected chi connectivity index (χ2v) is 4.96. The van der Waals surface area contributed by atoms with Gasteiger partial charge in [-0.25, -0.2) is 4.98 Å². The highest BCUT2D eigenvalue weighted by Crippen LogP contribution is 2.19. The Morgan fingerprint density at radius 3 is 2.75 bits per heavy atom. The van der Waals surface area contributed by atoms with E-state index < -0.39 is 11.9 Å². The molecule has 5 nitrogen and oxygen atoms in total. The van der Waals surface area contributed by atoms with Gasteiger partial charge in [0, 0.05) is 18.5 Å². The minimum absolute atomic E-state index is 0.195. The quantitative estimate of drug-likeness (QED) is 0.903. The van der Waals surface area contributed by atoms with Gasteiger partial charge in [0.05, 0.1) is 11.4 Å². The van der Waals surface area contributed by atoms with Crippen molar-refractivity contribution in [2.45, 2.75) is 6.42 Å². The smallest absolute Gasteiger partial charge is 0.308 e. The summed E-state index contributed by atoms with van der Waals surface area (Å²) in [6.45, 7) is 0.743. The molecule has 0 aliphatic carbocycles. The van der Waals surface area contributed by atoms with Gasteiger partial charge in [-0.2, -0.15) is 0 Å². The van der Waals surface area contributed by atoms with Crippen LogP contribution in [0.1, 0.15) is 16.9 Å². The van der Waals surface area contributed by atoms with Crippen LogP contribution in [0.15, 0.2) is 36.4 Å². The summed E-state index contributed by atoms with van der Waals surface area (Å²) in [7, 11) is 0. The second-order valence-electron chi connectivity index (χ2n) is 4.96. The monoisotopic (exact) mass is 270 g/mol. The van der Waals surface area contributed by atoms with Gasteiger partial charge in [-0.15, -0.1) is 0 Å². The van der Waals surface area contributed by atoms with E-state index in [9.17, 15) is 9.59 Å². The van der Waals surface area contributed by atoms with Crippen molar-refractivity contribution in [2.24, 2.45) is 5.92 Å². The van der Waals surface area contributed by atoms with Crippen LogP contribution in [0, 0.1) is 5.92 Å².